The number of carbonyl (C=O) groups is 5. The summed E-state index contributed by atoms with van der Waals surface area (Å²) < 4.78 is 0. The van der Waals surface area contributed by atoms with Crippen LogP contribution in [0.3, 0.4) is 0 Å². The second-order valence-electron chi connectivity index (χ2n) is 13.6. The number of amides is 1. The second kappa shape index (κ2) is 11.5. The Balaban J connectivity index is 1.41. The number of rotatable bonds is 5. The van der Waals surface area contributed by atoms with Gasteiger partial charge in [-0.25, -0.2) is 0 Å². The van der Waals surface area contributed by atoms with Crippen molar-refractivity contribution in [1.82, 2.24) is 14.7 Å². The molecule has 3 fully saturated rings. The van der Waals surface area contributed by atoms with Crippen LogP contribution in [-0.2, 0) is 25.7 Å². The van der Waals surface area contributed by atoms with Crippen molar-refractivity contribution in [1.29, 1.82) is 0 Å². The van der Waals surface area contributed by atoms with Crippen molar-refractivity contribution < 1.29 is 39.3 Å². The number of carbonyl (C=O) groups excluding carboxylic acids is 5. The predicted octanol–water partition coefficient (Wildman–Crippen LogP) is -0.187. The number of likely N-dealkylation sites (N-methyl/N-ethyl adjacent to an activating group) is 2. The molecule has 4 aliphatic rings. The number of aromatic hydroxyl groups is 1. The highest BCUT2D eigenvalue weighted by atomic mass is 16.3. The molecule has 0 aromatic heterocycles. The van der Waals surface area contributed by atoms with Gasteiger partial charge >= 0.3 is 0 Å². The van der Waals surface area contributed by atoms with E-state index in [0.29, 0.717) is 16.7 Å². The topological polar surface area (TPSA) is 182 Å². The third-order valence-corrected chi connectivity index (χ3v) is 10.7. The molecule has 46 heavy (non-hydrogen) atoms. The molecule has 1 amide bonds. The minimum absolute atomic E-state index is 0.117. The number of benzene rings is 2. The fourth-order valence-corrected chi connectivity index (χ4v) is 8.32. The first-order valence-electron chi connectivity index (χ1n) is 15.6. The molecule has 2 aromatic rings. The van der Waals surface area contributed by atoms with Crippen LogP contribution in [0.5, 0.6) is 5.75 Å². The maximum Gasteiger partial charge on any atom is 0.235 e. The van der Waals surface area contributed by atoms with Gasteiger partial charge in [-0.2, -0.15) is 0 Å². The number of ketones is 4. The highest BCUT2D eigenvalue weighted by Crippen LogP contribution is 2.55. The van der Waals surface area contributed by atoms with Crippen LogP contribution in [0.15, 0.2) is 36.4 Å². The van der Waals surface area contributed by atoms with E-state index in [0.717, 1.165) is 38.3 Å². The van der Waals surface area contributed by atoms with E-state index < -0.39 is 76.4 Å². The minimum atomic E-state index is -3.03. The van der Waals surface area contributed by atoms with E-state index in [4.69, 9.17) is 5.73 Å². The van der Waals surface area contributed by atoms with Crippen molar-refractivity contribution in [2.24, 2.45) is 29.4 Å². The minimum Gasteiger partial charge on any atom is -0.507 e. The molecular formula is C34H40N4O8. The van der Waals surface area contributed by atoms with E-state index in [9.17, 15) is 39.3 Å². The molecule has 3 aliphatic carbocycles. The predicted molar refractivity (Wildman–Crippen MR) is 166 cm³/mol. The normalized spacial score (nSPS) is 33.5. The van der Waals surface area contributed by atoms with Gasteiger partial charge in [-0.15, -0.1) is 0 Å². The smallest absolute Gasteiger partial charge is 0.235 e. The number of phenols is 1. The van der Waals surface area contributed by atoms with Crippen LogP contribution in [0, 0.1) is 23.7 Å². The Morgan fingerprint density at radius 2 is 1.72 bits per heavy atom. The van der Waals surface area contributed by atoms with Gasteiger partial charge in [0.15, 0.2) is 34.7 Å². The number of fused-ring (bicyclic) bond motifs is 3. The molecule has 1 saturated heterocycles. The number of aliphatic hydroxyl groups excluding tert-OH is 1. The summed E-state index contributed by atoms with van der Waals surface area (Å²) in [5.41, 5.74) is 4.72. The quantitative estimate of drug-likeness (QED) is 0.321. The van der Waals surface area contributed by atoms with E-state index in [1.165, 1.54) is 19.0 Å². The molecule has 12 nitrogen and oxygen atoms in total. The van der Waals surface area contributed by atoms with Crippen LogP contribution in [0.2, 0.25) is 0 Å². The lowest BCUT2D eigenvalue weighted by atomic mass is 9.49. The molecule has 244 valence electrons. The summed E-state index contributed by atoms with van der Waals surface area (Å²) >= 11 is 0. The molecular weight excluding hydrogens is 592 g/mol. The lowest BCUT2D eigenvalue weighted by molar-refractivity contribution is -0.196. The van der Waals surface area contributed by atoms with E-state index in [-0.39, 0.29) is 11.3 Å². The van der Waals surface area contributed by atoms with Gasteiger partial charge in [0.2, 0.25) is 5.91 Å². The van der Waals surface area contributed by atoms with Crippen molar-refractivity contribution in [3.05, 3.63) is 53.1 Å². The van der Waals surface area contributed by atoms with Gasteiger partial charge in [0.25, 0.3) is 0 Å². The average Bonchev–Trinajstić information content (AvgIpc) is 3.00. The number of hydrogen-bond acceptors (Lipinski definition) is 11. The summed E-state index contributed by atoms with van der Waals surface area (Å²) in [5.74, 6) is -13.3. The first-order chi connectivity index (χ1) is 21.7. The Kier molecular flexibility index (Phi) is 8.01. The van der Waals surface area contributed by atoms with Gasteiger partial charge in [0.05, 0.1) is 29.5 Å². The van der Waals surface area contributed by atoms with Gasteiger partial charge < -0.3 is 26.0 Å². The third-order valence-electron chi connectivity index (χ3n) is 10.7. The molecule has 1 aliphatic heterocycles. The molecule has 0 bridgehead atoms. The van der Waals surface area contributed by atoms with Gasteiger partial charge in [0.1, 0.15) is 5.75 Å². The van der Waals surface area contributed by atoms with Crippen LogP contribution < -0.4 is 5.73 Å². The Morgan fingerprint density at radius 1 is 1.04 bits per heavy atom. The zero-order valence-electron chi connectivity index (χ0n) is 26.3. The van der Waals surface area contributed by atoms with Crippen molar-refractivity contribution in [3.8, 4) is 16.9 Å². The highest BCUT2D eigenvalue weighted by molar-refractivity contribution is 6.32. The van der Waals surface area contributed by atoms with Crippen LogP contribution in [-0.4, -0.2) is 124 Å². The Labute approximate surface area is 266 Å². The van der Waals surface area contributed by atoms with E-state index in [1.54, 1.807) is 19.1 Å². The number of hydrogen-bond donors (Lipinski definition) is 4. The number of Topliss-reactive ketones (excluding diaryl/α,β-unsaturated/α-hetero) is 4. The summed E-state index contributed by atoms with van der Waals surface area (Å²) in [5, 5.41) is 35.3. The largest absolute Gasteiger partial charge is 0.507 e. The summed E-state index contributed by atoms with van der Waals surface area (Å²) in [6.45, 7) is 6.22. The highest BCUT2D eigenvalue weighted by Gasteiger charge is 2.72. The van der Waals surface area contributed by atoms with Gasteiger partial charge in [-0.05, 0) is 49.8 Å². The van der Waals surface area contributed by atoms with Crippen LogP contribution in [0.25, 0.3) is 11.1 Å². The molecule has 1 heterocycles. The Hall–Kier alpha value is -3.81. The molecule has 2 saturated carbocycles. The van der Waals surface area contributed by atoms with E-state index in [1.807, 2.05) is 24.3 Å². The summed E-state index contributed by atoms with van der Waals surface area (Å²) in [6.07, 6.45) is -1.66. The van der Waals surface area contributed by atoms with Crippen molar-refractivity contribution >= 4 is 29.0 Å². The fourth-order valence-electron chi connectivity index (χ4n) is 8.32. The monoisotopic (exact) mass is 632 g/mol. The Bertz CT molecular complexity index is 1650. The maximum atomic E-state index is 14.2. The van der Waals surface area contributed by atoms with E-state index >= 15 is 0 Å². The molecule has 0 spiro atoms. The van der Waals surface area contributed by atoms with Gasteiger partial charge in [0, 0.05) is 44.2 Å². The zero-order valence-corrected chi connectivity index (χ0v) is 26.3. The lowest BCUT2D eigenvalue weighted by Gasteiger charge is -2.56. The fraction of sp³-hybridized carbons (Fsp3) is 0.500. The lowest BCUT2D eigenvalue weighted by Crippen LogP contribution is -2.77. The van der Waals surface area contributed by atoms with Crippen LogP contribution in [0.1, 0.15) is 34.3 Å². The Morgan fingerprint density at radius 3 is 2.35 bits per heavy atom. The summed E-state index contributed by atoms with van der Waals surface area (Å²) in [7, 11) is 5.02. The molecule has 8 atom stereocenters. The number of phenolic OH excluding ortho intramolecular Hbond substituents is 1. The molecule has 5 N–H and O–H groups in total. The number of nitrogens with zero attached hydrogens (tertiary/aromatic N) is 3. The standard InChI is InChI=1S/C34H40N4O8/c1-16-19-8-9-20(18-7-5-6-17(14-18)15-38-12-10-37(4)11-13-38)27(39)22(19)28(40)23-21(16)29(41)25-26(36(2)3)30(42)24(33(35)45)32(44)34(25,46)31(23)43/h5-9,14,16,21,23-26,29,39,41,46H,10-13,15H2,1-4H3,(H2,35,45)/t16-,21+,23?,24?,25+,26-,29-,34-/m0/s1. The second-order valence-corrected chi connectivity index (χ2v) is 13.6. The number of primary amides is 1. The number of piperazine rings is 1. The molecule has 2 unspecified atom stereocenters. The van der Waals surface area contributed by atoms with Crippen molar-refractivity contribution in [3.63, 3.8) is 0 Å². The zero-order chi connectivity index (χ0) is 33.4. The molecule has 12 heteroatoms. The van der Waals surface area contributed by atoms with Gasteiger partial charge in [-0.1, -0.05) is 37.3 Å². The molecule has 0 radical (unpaired) electrons. The molecule has 6 rings (SSSR count). The summed E-state index contributed by atoms with van der Waals surface area (Å²) in [4.78, 5) is 73.6. The van der Waals surface area contributed by atoms with Crippen molar-refractivity contribution in [2.75, 3.05) is 47.3 Å². The number of aliphatic hydroxyl groups is 2. The first-order valence-corrected chi connectivity index (χ1v) is 15.6. The third kappa shape index (κ3) is 4.65. The van der Waals surface area contributed by atoms with Crippen molar-refractivity contribution in [2.45, 2.75) is 37.1 Å². The maximum absolute atomic E-state index is 14.2. The SMILES string of the molecule is C[C@H]1c2ccc(-c3cccc(CN4CCN(C)CC4)c3)c(O)c2C(=O)C2C(=O)[C@]3(O)C(=O)C(C(N)=O)C(=O)[C@@H](N(C)C)[C@@H]3[C@@H](O)[C@@H]21. The average molecular weight is 633 g/mol. The van der Waals surface area contributed by atoms with Crippen LogP contribution >= 0.6 is 0 Å². The van der Waals surface area contributed by atoms with E-state index in [2.05, 4.69) is 16.8 Å². The molecule has 2 aromatic carbocycles. The number of nitrogens with two attached hydrogens (primary N) is 1. The van der Waals surface area contributed by atoms with Gasteiger partial charge in [-0.3, -0.25) is 33.8 Å². The first kappa shape index (κ1) is 32.1. The summed E-state index contributed by atoms with van der Waals surface area (Å²) in [6, 6.07) is 9.64. The van der Waals surface area contributed by atoms with Crippen LogP contribution in [0.4, 0.5) is 0 Å².